The van der Waals surface area contributed by atoms with Gasteiger partial charge in [-0.3, -0.25) is 0 Å². The van der Waals surface area contributed by atoms with E-state index in [0.29, 0.717) is 0 Å². The second-order valence-electron chi connectivity index (χ2n) is 2.42. The summed E-state index contributed by atoms with van der Waals surface area (Å²) in [6.07, 6.45) is 7.08. The number of aryl methyl sites for hydroxylation is 1. The lowest BCUT2D eigenvalue weighted by Crippen LogP contribution is -1.82. The van der Waals surface area contributed by atoms with E-state index < -0.39 is 0 Å². The molecular formula is C11H10. The predicted octanol–water partition coefficient (Wildman–Crippen LogP) is 2.62. The topological polar surface area (TPSA) is 0 Å². The summed E-state index contributed by atoms with van der Waals surface area (Å²) in [7, 11) is 0. The van der Waals surface area contributed by atoms with Gasteiger partial charge in [-0.25, -0.2) is 0 Å². The van der Waals surface area contributed by atoms with Crippen LogP contribution in [-0.2, 0) is 0 Å². The van der Waals surface area contributed by atoms with Crippen LogP contribution in [0.1, 0.15) is 16.7 Å². The van der Waals surface area contributed by atoms with Crippen LogP contribution in [0.2, 0.25) is 0 Å². The molecule has 0 N–H and O–H groups in total. The Labute approximate surface area is 67.6 Å². The van der Waals surface area contributed by atoms with Crippen LogP contribution >= 0.6 is 0 Å². The Morgan fingerprint density at radius 2 is 2.27 bits per heavy atom. The monoisotopic (exact) mass is 142 g/mol. The van der Waals surface area contributed by atoms with E-state index in [4.69, 9.17) is 6.42 Å². The third kappa shape index (κ3) is 1.50. The number of hydrogen-bond donors (Lipinski definition) is 0. The molecule has 54 valence electrons. The minimum absolute atomic E-state index is 0.947. The van der Waals surface area contributed by atoms with Crippen molar-refractivity contribution < 1.29 is 0 Å². The van der Waals surface area contributed by atoms with E-state index in [1.165, 1.54) is 0 Å². The molecule has 0 spiro atoms. The molecule has 0 unspecified atom stereocenters. The molecule has 0 aromatic heterocycles. The van der Waals surface area contributed by atoms with Crippen molar-refractivity contribution in [3.05, 3.63) is 41.5 Å². The molecule has 0 nitrogen and oxygen atoms in total. The van der Waals surface area contributed by atoms with E-state index in [2.05, 4.69) is 12.5 Å². The van der Waals surface area contributed by atoms with Crippen molar-refractivity contribution in [2.45, 2.75) is 6.92 Å². The van der Waals surface area contributed by atoms with Gasteiger partial charge in [-0.05, 0) is 24.1 Å². The quantitative estimate of drug-likeness (QED) is 0.529. The SMILES string of the molecule is C#Cc1cc(C=C)ccc1C. The minimum atomic E-state index is 0.947. The molecule has 0 saturated carbocycles. The molecule has 0 heterocycles. The van der Waals surface area contributed by atoms with Gasteiger partial charge in [-0.2, -0.15) is 0 Å². The normalized spacial score (nSPS) is 8.73. The smallest absolute Gasteiger partial charge is 0.0277 e. The summed E-state index contributed by atoms with van der Waals surface area (Å²) in [5.41, 5.74) is 3.16. The highest BCUT2D eigenvalue weighted by Crippen LogP contribution is 2.10. The summed E-state index contributed by atoms with van der Waals surface area (Å²) < 4.78 is 0. The first-order chi connectivity index (χ1) is 5.27. The largest absolute Gasteiger partial charge is 0.115 e. The van der Waals surface area contributed by atoms with Crippen molar-refractivity contribution in [3.63, 3.8) is 0 Å². The van der Waals surface area contributed by atoms with Crippen molar-refractivity contribution in [2.24, 2.45) is 0 Å². The highest BCUT2D eigenvalue weighted by atomic mass is 14.0. The summed E-state index contributed by atoms with van der Waals surface area (Å²) in [4.78, 5) is 0. The summed E-state index contributed by atoms with van der Waals surface area (Å²) >= 11 is 0. The van der Waals surface area contributed by atoms with E-state index in [9.17, 15) is 0 Å². The average molecular weight is 142 g/mol. The molecule has 0 amide bonds. The molecule has 1 aromatic carbocycles. The molecule has 0 fully saturated rings. The second kappa shape index (κ2) is 3.07. The van der Waals surface area contributed by atoms with Gasteiger partial charge >= 0.3 is 0 Å². The molecule has 1 rings (SSSR count). The van der Waals surface area contributed by atoms with E-state index in [-0.39, 0.29) is 0 Å². The van der Waals surface area contributed by atoms with Crippen LogP contribution in [0, 0.1) is 19.3 Å². The lowest BCUT2D eigenvalue weighted by molar-refractivity contribution is 1.43. The van der Waals surface area contributed by atoms with E-state index >= 15 is 0 Å². The maximum atomic E-state index is 5.29. The lowest BCUT2D eigenvalue weighted by Gasteiger charge is -1.98. The molecule has 0 aliphatic rings. The fourth-order valence-electron chi connectivity index (χ4n) is 0.922. The van der Waals surface area contributed by atoms with Gasteiger partial charge in [0, 0.05) is 5.56 Å². The minimum Gasteiger partial charge on any atom is -0.115 e. The summed E-state index contributed by atoms with van der Waals surface area (Å²) in [6, 6.07) is 5.97. The first kappa shape index (κ1) is 7.63. The third-order valence-electron chi connectivity index (χ3n) is 1.65. The second-order valence-corrected chi connectivity index (χ2v) is 2.42. The Kier molecular flexibility index (Phi) is 2.13. The number of terminal acetylenes is 1. The van der Waals surface area contributed by atoms with Gasteiger partial charge < -0.3 is 0 Å². The zero-order valence-corrected chi connectivity index (χ0v) is 6.59. The fraction of sp³-hybridized carbons (Fsp3) is 0.0909. The van der Waals surface area contributed by atoms with Gasteiger partial charge in [-0.15, -0.1) is 6.42 Å². The van der Waals surface area contributed by atoms with Gasteiger partial charge in [0.2, 0.25) is 0 Å². The van der Waals surface area contributed by atoms with E-state index in [1.54, 1.807) is 6.08 Å². The van der Waals surface area contributed by atoms with Crippen molar-refractivity contribution in [1.29, 1.82) is 0 Å². The van der Waals surface area contributed by atoms with Crippen molar-refractivity contribution >= 4 is 6.08 Å². The van der Waals surface area contributed by atoms with Crippen LogP contribution < -0.4 is 0 Å². The zero-order chi connectivity index (χ0) is 8.27. The number of rotatable bonds is 1. The number of benzene rings is 1. The van der Waals surface area contributed by atoms with Gasteiger partial charge in [-0.1, -0.05) is 30.7 Å². The first-order valence-electron chi connectivity index (χ1n) is 3.47. The van der Waals surface area contributed by atoms with Crippen LogP contribution in [0.15, 0.2) is 24.8 Å². The molecule has 0 radical (unpaired) electrons. The zero-order valence-electron chi connectivity index (χ0n) is 6.59. The molecule has 0 heteroatoms. The van der Waals surface area contributed by atoms with Crippen LogP contribution in [0.3, 0.4) is 0 Å². The Morgan fingerprint density at radius 3 is 2.82 bits per heavy atom. The Hall–Kier alpha value is -1.48. The Bertz CT molecular complexity index is 313. The van der Waals surface area contributed by atoms with Gasteiger partial charge in [0.1, 0.15) is 0 Å². The lowest BCUT2D eigenvalue weighted by atomic mass is 10.1. The Morgan fingerprint density at radius 1 is 1.55 bits per heavy atom. The van der Waals surface area contributed by atoms with E-state index in [1.807, 2.05) is 25.1 Å². The van der Waals surface area contributed by atoms with Gasteiger partial charge in [0.25, 0.3) is 0 Å². The molecule has 0 aliphatic carbocycles. The molecule has 0 atom stereocenters. The summed E-state index contributed by atoms with van der Waals surface area (Å²) in [6.45, 7) is 5.67. The molecule has 11 heavy (non-hydrogen) atoms. The maximum absolute atomic E-state index is 5.29. The molecule has 0 bridgehead atoms. The van der Waals surface area contributed by atoms with Crippen LogP contribution in [0.25, 0.3) is 6.08 Å². The van der Waals surface area contributed by atoms with Crippen molar-refractivity contribution in [2.75, 3.05) is 0 Å². The van der Waals surface area contributed by atoms with Crippen LogP contribution in [0.5, 0.6) is 0 Å². The van der Waals surface area contributed by atoms with Crippen molar-refractivity contribution in [1.82, 2.24) is 0 Å². The molecule has 0 saturated heterocycles. The van der Waals surface area contributed by atoms with Gasteiger partial charge in [0.05, 0.1) is 0 Å². The van der Waals surface area contributed by atoms with Crippen LogP contribution in [0.4, 0.5) is 0 Å². The molecular weight excluding hydrogens is 132 g/mol. The number of hydrogen-bond acceptors (Lipinski definition) is 0. The van der Waals surface area contributed by atoms with Crippen molar-refractivity contribution in [3.8, 4) is 12.3 Å². The third-order valence-corrected chi connectivity index (χ3v) is 1.65. The maximum Gasteiger partial charge on any atom is 0.0277 e. The standard InChI is InChI=1S/C11H10/c1-4-10-7-6-9(3)11(5-2)8-10/h2,4,6-8H,1H2,3H3. The predicted molar refractivity (Wildman–Crippen MR) is 49.2 cm³/mol. The summed E-state index contributed by atoms with van der Waals surface area (Å²) in [5.74, 6) is 2.62. The highest BCUT2D eigenvalue weighted by molar-refractivity contribution is 5.53. The fourth-order valence-corrected chi connectivity index (χ4v) is 0.922. The summed E-state index contributed by atoms with van der Waals surface area (Å²) in [5, 5.41) is 0. The first-order valence-corrected chi connectivity index (χ1v) is 3.47. The Balaban J connectivity index is 3.25. The molecule has 1 aromatic rings. The highest BCUT2D eigenvalue weighted by Gasteiger charge is 1.93. The van der Waals surface area contributed by atoms with Crippen LogP contribution in [-0.4, -0.2) is 0 Å². The molecule has 0 aliphatic heterocycles. The average Bonchev–Trinajstić information content (AvgIpc) is 2.05. The van der Waals surface area contributed by atoms with Gasteiger partial charge in [0.15, 0.2) is 0 Å². The van der Waals surface area contributed by atoms with E-state index in [0.717, 1.165) is 16.7 Å².